The van der Waals surface area contributed by atoms with Crippen molar-refractivity contribution in [3.63, 3.8) is 0 Å². The normalized spacial score (nSPS) is 10.2. The maximum atomic E-state index is 5.77. The third-order valence-electron chi connectivity index (χ3n) is 2.44. The summed E-state index contributed by atoms with van der Waals surface area (Å²) in [6.45, 7) is 3.99. The molecule has 6 heteroatoms. The van der Waals surface area contributed by atoms with E-state index in [0.717, 1.165) is 16.9 Å². The molecule has 0 radical (unpaired) electrons. The van der Waals surface area contributed by atoms with Gasteiger partial charge in [-0.15, -0.1) is 0 Å². The lowest BCUT2D eigenvalue weighted by Gasteiger charge is -2.11. The summed E-state index contributed by atoms with van der Waals surface area (Å²) >= 11 is 3.35. The van der Waals surface area contributed by atoms with Crippen LogP contribution in [0.1, 0.15) is 11.1 Å². The zero-order valence-corrected chi connectivity index (χ0v) is 11.7. The summed E-state index contributed by atoms with van der Waals surface area (Å²) in [5.74, 6) is 7.00. The number of anilines is 1. The van der Waals surface area contributed by atoms with E-state index < -0.39 is 0 Å². The lowest BCUT2D eigenvalue weighted by atomic mass is 10.1. The molecule has 0 aliphatic rings. The Kier molecular flexibility index (Phi) is 3.78. The number of nitrogen functional groups attached to an aromatic ring is 1. The second kappa shape index (κ2) is 5.32. The molecule has 0 fully saturated rings. The van der Waals surface area contributed by atoms with Gasteiger partial charge in [0.1, 0.15) is 16.5 Å². The predicted molar refractivity (Wildman–Crippen MR) is 73.5 cm³/mol. The van der Waals surface area contributed by atoms with Crippen molar-refractivity contribution in [2.75, 3.05) is 5.43 Å². The fraction of sp³-hybridized carbons (Fsp3) is 0.167. The van der Waals surface area contributed by atoms with E-state index >= 15 is 0 Å². The molecule has 0 unspecified atom stereocenters. The van der Waals surface area contributed by atoms with E-state index in [-0.39, 0.29) is 0 Å². The van der Waals surface area contributed by atoms with Gasteiger partial charge < -0.3 is 10.2 Å². The number of hydrogen-bond acceptors (Lipinski definition) is 5. The molecule has 0 spiro atoms. The highest BCUT2D eigenvalue weighted by atomic mass is 79.9. The third kappa shape index (κ3) is 2.60. The second-order valence-electron chi connectivity index (χ2n) is 3.86. The Morgan fingerprint density at radius 2 is 2.06 bits per heavy atom. The van der Waals surface area contributed by atoms with Crippen LogP contribution in [-0.4, -0.2) is 9.97 Å². The van der Waals surface area contributed by atoms with Crippen molar-refractivity contribution in [2.24, 2.45) is 5.84 Å². The van der Waals surface area contributed by atoms with Gasteiger partial charge in [-0.2, -0.15) is 0 Å². The maximum Gasteiger partial charge on any atom is 0.238 e. The number of benzene rings is 1. The first-order valence-electron chi connectivity index (χ1n) is 5.34. The summed E-state index contributed by atoms with van der Waals surface area (Å²) in [5, 5.41) is 0. The van der Waals surface area contributed by atoms with Gasteiger partial charge in [-0.25, -0.2) is 15.8 Å². The van der Waals surface area contributed by atoms with E-state index in [2.05, 4.69) is 31.3 Å². The first-order valence-corrected chi connectivity index (χ1v) is 6.13. The quantitative estimate of drug-likeness (QED) is 0.673. The molecule has 2 aromatic rings. The smallest absolute Gasteiger partial charge is 0.238 e. The molecule has 0 saturated heterocycles. The zero-order chi connectivity index (χ0) is 13.1. The highest BCUT2D eigenvalue weighted by molar-refractivity contribution is 9.10. The van der Waals surface area contributed by atoms with Gasteiger partial charge in [0.2, 0.25) is 5.88 Å². The minimum atomic E-state index is 0.423. The number of halogens is 1. The van der Waals surface area contributed by atoms with Gasteiger partial charge in [0.05, 0.1) is 0 Å². The minimum absolute atomic E-state index is 0.423. The Bertz CT molecular complexity index is 574. The molecule has 5 nitrogen and oxygen atoms in total. The highest BCUT2D eigenvalue weighted by Gasteiger charge is 2.11. The summed E-state index contributed by atoms with van der Waals surface area (Å²) in [6.07, 6.45) is 1.39. The Labute approximate surface area is 113 Å². The fourth-order valence-corrected chi connectivity index (χ4v) is 1.85. The zero-order valence-electron chi connectivity index (χ0n) is 10.1. The fourth-order valence-electron chi connectivity index (χ4n) is 1.45. The van der Waals surface area contributed by atoms with E-state index in [1.54, 1.807) is 0 Å². The number of rotatable bonds is 3. The van der Waals surface area contributed by atoms with Gasteiger partial charge >= 0.3 is 0 Å². The largest absolute Gasteiger partial charge is 0.437 e. The van der Waals surface area contributed by atoms with Crippen LogP contribution in [0.5, 0.6) is 11.6 Å². The standard InChI is InChI=1S/C12H13BrN4O/c1-7-3-4-8(2)9(5-7)18-12-10(13)11(17-14)15-6-16-12/h3-6H,14H2,1-2H3,(H,15,16,17). The minimum Gasteiger partial charge on any atom is -0.437 e. The van der Waals surface area contributed by atoms with Gasteiger partial charge in [-0.1, -0.05) is 12.1 Å². The van der Waals surface area contributed by atoms with Crippen LogP contribution in [0.3, 0.4) is 0 Å². The SMILES string of the molecule is Cc1ccc(C)c(Oc2ncnc(NN)c2Br)c1. The van der Waals surface area contributed by atoms with Crippen molar-refractivity contribution >= 4 is 21.7 Å². The lowest BCUT2D eigenvalue weighted by molar-refractivity contribution is 0.454. The van der Waals surface area contributed by atoms with E-state index in [0.29, 0.717) is 16.2 Å². The summed E-state index contributed by atoms with van der Waals surface area (Å²) in [5.41, 5.74) is 4.63. The molecule has 0 atom stereocenters. The second-order valence-corrected chi connectivity index (χ2v) is 4.65. The number of aryl methyl sites for hydroxylation is 2. The van der Waals surface area contributed by atoms with Gasteiger partial charge in [0.25, 0.3) is 0 Å². The number of nitrogens with one attached hydrogen (secondary N) is 1. The maximum absolute atomic E-state index is 5.77. The predicted octanol–water partition coefficient (Wildman–Crippen LogP) is 2.93. The number of aromatic nitrogens is 2. The molecule has 18 heavy (non-hydrogen) atoms. The van der Waals surface area contributed by atoms with E-state index in [9.17, 15) is 0 Å². The first kappa shape index (κ1) is 12.8. The number of hydrogen-bond donors (Lipinski definition) is 2. The Balaban J connectivity index is 2.37. The van der Waals surface area contributed by atoms with Gasteiger partial charge in [0, 0.05) is 0 Å². The number of nitrogens with two attached hydrogens (primary N) is 1. The van der Waals surface area contributed by atoms with E-state index in [1.807, 2.05) is 32.0 Å². The summed E-state index contributed by atoms with van der Waals surface area (Å²) in [6, 6.07) is 5.99. The molecule has 0 aliphatic carbocycles. The molecular weight excluding hydrogens is 296 g/mol. The lowest BCUT2D eigenvalue weighted by Crippen LogP contribution is -2.10. The van der Waals surface area contributed by atoms with Gasteiger partial charge in [-0.05, 0) is 47.0 Å². The summed E-state index contributed by atoms with van der Waals surface area (Å²) in [4.78, 5) is 8.04. The Hall–Kier alpha value is -1.66. The van der Waals surface area contributed by atoms with Crippen LogP contribution in [-0.2, 0) is 0 Å². The molecule has 1 heterocycles. The highest BCUT2D eigenvalue weighted by Crippen LogP contribution is 2.32. The number of nitrogens with zero attached hydrogens (tertiary/aromatic N) is 2. The molecular formula is C12H13BrN4O. The molecule has 2 rings (SSSR count). The molecule has 0 saturated carbocycles. The average Bonchev–Trinajstić information content (AvgIpc) is 2.36. The van der Waals surface area contributed by atoms with Crippen molar-refractivity contribution in [1.29, 1.82) is 0 Å². The van der Waals surface area contributed by atoms with Crippen LogP contribution < -0.4 is 16.0 Å². The first-order chi connectivity index (χ1) is 8.61. The van der Waals surface area contributed by atoms with Gasteiger partial charge in [0.15, 0.2) is 5.82 Å². The average molecular weight is 309 g/mol. The van der Waals surface area contributed by atoms with Gasteiger partial charge in [-0.3, -0.25) is 0 Å². The number of ether oxygens (including phenoxy) is 1. The van der Waals surface area contributed by atoms with Crippen LogP contribution >= 0.6 is 15.9 Å². The van der Waals surface area contributed by atoms with Crippen LogP contribution in [0.2, 0.25) is 0 Å². The number of hydrazine groups is 1. The Morgan fingerprint density at radius 3 is 2.78 bits per heavy atom. The van der Waals surface area contributed by atoms with E-state index in [4.69, 9.17) is 10.6 Å². The summed E-state index contributed by atoms with van der Waals surface area (Å²) < 4.78 is 6.36. The van der Waals surface area contributed by atoms with Crippen molar-refractivity contribution in [2.45, 2.75) is 13.8 Å². The monoisotopic (exact) mass is 308 g/mol. The topological polar surface area (TPSA) is 73.1 Å². The molecule has 94 valence electrons. The van der Waals surface area contributed by atoms with Crippen molar-refractivity contribution in [3.05, 3.63) is 40.1 Å². The van der Waals surface area contributed by atoms with Crippen LogP contribution in [0.15, 0.2) is 29.0 Å². The van der Waals surface area contributed by atoms with Crippen molar-refractivity contribution < 1.29 is 4.74 Å². The molecule has 0 aliphatic heterocycles. The van der Waals surface area contributed by atoms with Crippen LogP contribution in [0, 0.1) is 13.8 Å². The summed E-state index contributed by atoms with van der Waals surface area (Å²) in [7, 11) is 0. The molecule has 1 aromatic carbocycles. The molecule has 3 N–H and O–H groups in total. The van der Waals surface area contributed by atoms with Crippen molar-refractivity contribution in [1.82, 2.24) is 9.97 Å². The molecule has 0 amide bonds. The van der Waals surface area contributed by atoms with E-state index in [1.165, 1.54) is 6.33 Å². The van der Waals surface area contributed by atoms with Crippen LogP contribution in [0.25, 0.3) is 0 Å². The molecule has 0 bridgehead atoms. The van der Waals surface area contributed by atoms with Crippen LogP contribution in [0.4, 0.5) is 5.82 Å². The third-order valence-corrected chi connectivity index (χ3v) is 3.16. The Morgan fingerprint density at radius 1 is 1.28 bits per heavy atom. The molecule has 1 aromatic heterocycles. The van der Waals surface area contributed by atoms with Crippen molar-refractivity contribution in [3.8, 4) is 11.6 Å².